The maximum atomic E-state index is 12.0. The maximum absolute atomic E-state index is 12.0. The second kappa shape index (κ2) is 6.15. The lowest BCUT2D eigenvalue weighted by Gasteiger charge is -2.15. The van der Waals surface area contributed by atoms with Gasteiger partial charge >= 0.3 is 0 Å². The lowest BCUT2D eigenvalue weighted by atomic mass is 10.2. The molecule has 0 aromatic carbocycles. The number of nitro groups is 1. The fourth-order valence-electron chi connectivity index (χ4n) is 1.89. The van der Waals surface area contributed by atoms with Crippen molar-refractivity contribution in [3.05, 3.63) is 33.1 Å². The highest BCUT2D eigenvalue weighted by Gasteiger charge is 2.26. The van der Waals surface area contributed by atoms with Gasteiger partial charge in [0.15, 0.2) is 0 Å². The van der Waals surface area contributed by atoms with Gasteiger partial charge in [0.05, 0.1) is 4.92 Å². The van der Waals surface area contributed by atoms with E-state index < -0.39 is 10.8 Å². The minimum absolute atomic E-state index is 0.0517. The summed E-state index contributed by atoms with van der Waals surface area (Å²) in [5.74, 6) is -0.509. The van der Waals surface area contributed by atoms with Crippen molar-refractivity contribution in [1.29, 1.82) is 0 Å². The molecule has 0 unspecified atom stereocenters. The fourth-order valence-corrected chi connectivity index (χ4v) is 2.05. The quantitative estimate of drug-likeness (QED) is 0.488. The van der Waals surface area contributed by atoms with Crippen LogP contribution < -0.4 is 5.32 Å². The van der Waals surface area contributed by atoms with E-state index in [0.717, 1.165) is 6.20 Å². The molecular weight excluding hydrogens is 284 g/mol. The van der Waals surface area contributed by atoms with Crippen molar-refractivity contribution in [2.75, 3.05) is 20.1 Å². The van der Waals surface area contributed by atoms with Gasteiger partial charge in [-0.1, -0.05) is 11.6 Å². The number of carbonyl (C=O) groups excluding carboxylic acids is 1. The molecule has 0 radical (unpaired) electrons. The molecule has 2 rings (SSSR count). The topological polar surface area (TPSA) is 88.4 Å². The van der Waals surface area contributed by atoms with E-state index in [1.807, 2.05) is 7.05 Å². The van der Waals surface area contributed by atoms with Crippen molar-refractivity contribution >= 4 is 23.2 Å². The Labute approximate surface area is 121 Å². The number of amides is 1. The van der Waals surface area contributed by atoms with E-state index in [-0.39, 0.29) is 16.4 Å². The summed E-state index contributed by atoms with van der Waals surface area (Å²) in [5, 5.41) is 13.6. The summed E-state index contributed by atoms with van der Waals surface area (Å²) < 4.78 is 0. The van der Waals surface area contributed by atoms with Gasteiger partial charge in [-0.05, 0) is 26.0 Å². The summed E-state index contributed by atoms with van der Waals surface area (Å²) in [5.41, 5.74) is -0.411. The summed E-state index contributed by atoms with van der Waals surface area (Å²) in [7, 11) is 2.00. The zero-order valence-electron chi connectivity index (χ0n) is 11.0. The summed E-state index contributed by atoms with van der Waals surface area (Å²) in [6.45, 7) is 1.14. The molecule has 8 heteroatoms. The van der Waals surface area contributed by atoms with Crippen molar-refractivity contribution in [2.45, 2.75) is 18.9 Å². The molecule has 1 N–H and O–H groups in total. The molecule has 1 heterocycles. The molecule has 1 saturated carbocycles. The van der Waals surface area contributed by atoms with Crippen LogP contribution in [0.25, 0.3) is 0 Å². The molecule has 1 amide bonds. The minimum Gasteiger partial charge on any atom is -0.351 e. The molecule has 7 nitrogen and oxygen atoms in total. The van der Waals surface area contributed by atoms with Gasteiger partial charge in [0.2, 0.25) is 0 Å². The molecule has 1 aliphatic carbocycles. The molecule has 0 bridgehead atoms. The average Bonchev–Trinajstić information content (AvgIpc) is 3.22. The number of hydrogen-bond donors (Lipinski definition) is 1. The first-order valence-electron chi connectivity index (χ1n) is 6.27. The van der Waals surface area contributed by atoms with Crippen molar-refractivity contribution in [2.24, 2.45) is 0 Å². The molecule has 1 aromatic heterocycles. The molecule has 0 atom stereocenters. The fraction of sp³-hybridized carbons (Fsp3) is 0.500. The van der Waals surface area contributed by atoms with Crippen LogP contribution in [0.2, 0.25) is 5.15 Å². The zero-order valence-corrected chi connectivity index (χ0v) is 11.8. The maximum Gasteiger partial charge on any atom is 0.300 e. The van der Waals surface area contributed by atoms with E-state index in [1.165, 1.54) is 18.9 Å². The number of halogens is 1. The summed E-state index contributed by atoms with van der Waals surface area (Å²) in [6.07, 6.45) is 3.37. The highest BCUT2D eigenvalue weighted by atomic mass is 35.5. The Hall–Kier alpha value is -1.73. The largest absolute Gasteiger partial charge is 0.351 e. The average molecular weight is 299 g/mol. The van der Waals surface area contributed by atoms with Gasteiger partial charge in [-0.3, -0.25) is 14.9 Å². The molecule has 0 spiro atoms. The normalized spacial score (nSPS) is 14.3. The third-order valence-corrected chi connectivity index (χ3v) is 3.42. The van der Waals surface area contributed by atoms with E-state index in [2.05, 4.69) is 15.2 Å². The van der Waals surface area contributed by atoms with Gasteiger partial charge in [0.1, 0.15) is 16.9 Å². The van der Waals surface area contributed by atoms with Crippen LogP contribution in [0.4, 0.5) is 5.69 Å². The number of nitrogens with zero attached hydrogens (tertiary/aromatic N) is 3. The second-order valence-corrected chi connectivity index (χ2v) is 5.14. The molecule has 0 saturated heterocycles. The molecule has 0 aliphatic heterocycles. The van der Waals surface area contributed by atoms with Crippen LogP contribution in [0.15, 0.2) is 12.3 Å². The molecule has 1 aromatic rings. The smallest absolute Gasteiger partial charge is 0.300 e. The van der Waals surface area contributed by atoms with Crippen LogP contribution in [-0.4, -0.2) is 46.9 Å². The van der Waals surface area contributed by atoms with E-state index in [4.69, 9.17) is 11.6 Å². The minimum atomic E-state index is -0.644. The van der Waals surface area contributed by atoms with Gasteiger partial charge in [0, 0.05) is 19.1 Å². The van der Waals surface area contributed by atoms with Gasteiger partial charge in [-0.15, -0.1) is 0 Å². The first-order chi connectivity index (χ1) is 9.49. The van der Waals surface area contributed by atoms with Crippen molar-refractivity contribution < 1.29 is 9.72 Å². The van der Waals surface area contributed by atoms with Crippen molar-refractivity contribution in [1.82, 2.24) is 15.2 Å². The van der Waals surface area contributed by atoms with Crippen LogP contribution in [0.5, 0.6) is 0 Å². The van der Waals surface area contributed by atoms with E-state index in [1.54, 1.807) is 0 Å². The van der Waals surface area contributed by atoms with Gasteiger partial charge in [-0.2, -0.15) is 0 Å². The number of pyridine rings is 1. The Morgan fingerprint density at radius 2 is 2.35 bits per heavy atom. The molecular formula is C12H15ClN4O3. The summed E-state index contributed by atoms with van der Waals surface area (Å²) >= 11 is 5.68. The second-order valence-electron chi connectivity index (χ2n) is 4.75. The van der Waals surface area contributed by atoms with Crippen LogP contribution >= 0.6 is 11.6 Å². The van der Waals surface area contributed by atoms with Crippen LogP contribution in [0, 0.1) is 10.1 Å². The Morgan fingerprint density at radius 1 is 1.65 bits per heavy atom. The number of nitrogens with one attached hydrogen (secondary N) is 1. The highest BCUT2D eigenvalue weighted by molar-refractivity contribution is 6.29. The van der Waals surface area contributed by atoms with Crippen LogP contribution in [0.3, 0.4) is 0 Å². The highest BCUT2D eigenvalue weighted by Crippen LogP contribution is 2.24. The third-order valence-electron chi connectivity index (χ3n) is 3.21. The first kappa shape index (κ1) is 14.7. The predicted octanol–water partition coefficient (Wildman–Crippen LogP) is 1.47. The van der Waals surface area contributed by atoms with Gasteiger partial charge in [-0.25, -0.2) is 4.98 Å². The lowest BCUT2D eigenvalue weighted by molar-refractivity contribution is -0.385. The predicted molar refractivity (Wildman–Crippen MR) is 73.9 cm³/mol. The number of rotatable bonds is 6. The molecule has 20 heavy (non-hydrogen) atoms. The summed E-state index contributed by atoms with van der Waals surface area (Å²) in [6, 6.07) is 1.82. The van der Waals surface area contributed by atoms with Crippen LogP contribution in [-0.2, 0) is 0 Å². The third kappa shape index (κ3) is 3.64. The number of likely N-dealkylation sites (N-methyl/N-ethyl adjacent to an activating group) is 1. The van der Waals surface area contributed by atoms with E-state index in [9.17, 15) is 14.9 Å². The molecule has 1 aliphatic rings. The van der Waals surface area contributed by atoms with Crippen molar-refractivity contribution in [3.63, 3.8) is 0 Å². The van der Waals surface area contributed by atoms with Gasteiger partial charge in [0.25, 0.3) is 11.6 Å². The van der Waals surface area contributed by atoms with Crippen LogP contribution in [0.1, 0.15) is 23.2 Å². The summed E-state index contributed by atoms with van der Waals surface area (Å²) in [4.78, 5) is 28.0. The number of carbonyl (C=O) groups is 1. The monoisotopic (exact) mass is 298 g/mol. The van der Waals surface area contributed by atoms with E-state index >= 15 is 0 Å². The Morgan fingerprint density at radius 3 is 2.95 bits per heavy atom. The van der Waals surface area contributed by atoms with E-state index in [0.29, 0.717) is 19.1 Å². The number of hydrogen-bond acceptors (Lipinski definition) is 5. The first-order valence-corrected chi connectivity index (χ1v) is 6.65. The Kier molecular flexibility index (Phi) is 4.51. The number of aromatic nitrogens is 1. The zero-order chi connectivity index (χ0) is 14.7. The Bertz CT molecular complexity index is 533. The Balaban J connectivity index is 1.97. The van der Waals surface area contributed by atoms with Gasteiger partial charge < -0.3 is 10.2 Å². The van der Waals surface area contributed by atoms with Crippen molar-refractivity contribution in [3.8, 4) is 0 Å². The standard InChI is InChI=1S/C12H15ClN4O3/c1-16(8-2-3-8)5-4-14-12(18)9-6-11(13)15-7-10(9)17(19)20/h6-8H,2-5H2,1H3,(H,14,18). The SMILES string of the molecule is CN(CCNC(=O)c1cc(Cl)ncc1[N+](=O)[O-])C1CC1. The molecule has 1 fully saturated rings. The lowest BCUT2D eigenvalue weighted by Crippen LogP contribution is -2.34. The molecule has 108 valence electrons.